The summed E-state index contributed by atoms with van der Waals surface area (Å²) in [6.45, 7) is 4.83. The fraction of sp³-hybridized carbons (Fsp3) is 0.304. The standard InChI is InChI=1S/C23H23ClN2O5S/c1-14-4-3-9-26(13-14)32(29,30)17-7-5-16(6-8-17)25-23(28)22-12-20(27)18-11-19(24)15(2)10-21(18)31-22/h5-8,10-12,14H,3-4,9,13H2,1-2H3,(H,25,28)/t14-/m1/s1. The molecule has 168 valence electrons. The van der Waals surface area contributed by atoms with E-state index in [1.165, 1.54) is 34.6 Å². The van der Waals surface area contributed by atoms with Gasteiger partial charge in [0.1, 0.15) is 5.58 Å². The van der Waals surface area contributed by atoms with Gasteiger partial charge < -0.3 is 9.73 Å². The van der Waals surface area contributed by atoms with Crippen LogP contribution in [0.15, 0.2) is 56.6 Å². The minimum absolute atomic E-state index is 0.150. The molecule has 1 amide bonds. The molecule has 1 saturated heterocycles. The second-order valence-corrected chi connectivity index (χ2v) is 10.5. The zero-order valence-corrected chi connectivity index (χ0v) is 19.3. The average molecular weight is 475 g/mol. The number of anilines is 1. The first-order valence-corrected chi connectivity index (χ1v) is 12.1. The minimum Gasteiger partial charge on any atom is -0.451 e. The molecule has 32 heavy (non-hydrogen) atoms. The van der Waals surface area contributed by atoms with Crippen LogP contribution in [0.3, 0.4) is 0 Å². The fourth-order valence-corrected chi connectivity index (χ4v) is 5.57. The number of aryl methyl sites for hydroxylation is 1. The smallest absolute Gasteiger partial charge is 0.291 e. The number of rotatable bonds is 4. The maximum absolute atomic E-state index is 12.9. The van der Waals surface area contributed by atoms with E-state index in [2.05, 4.69) is 5.32 Å². The van der Waals surface area contributed by atoms with Crippen molar-refractivity contribution in [3.8, 4) is 0 Å². The van der Waals surface area contributed by atoms with Crippen LogP contribution in [-0.4, -0.2) is 31.7 Å². The van der Waals surface area contributed by atoms with E-state index in [1.807, 2.05) is 6.92 Å². The van der Waals surface area contributed by atoms with Crippen LogP contribution in [0.4, 0.5) is 5.69 Å². The number of carbonyl (C=O) groups is 1. The summed E-state index contributed by atoms with van der Waals surface area (Å²) in [7, 11) is -3.58. The van der Waals surface area contributed by atoms with Gasteiger partial charge in [0.05, 0.1) is 10.3 Å². The Kier molecular flexibility index (Phi) is 6.11. The van der Waals surface area contributed by atoms with Gasteiger partial charge in [-0.05, 0) is 67.6 Å². The lowest BCUT2D eigenvalue weighted by atomic mass is 10.0. The van der Waals surface area contributed by atoms with Gasteiger partial charge in [-0.15, -0.1) is 0 Å². The lowest BCUT2D eigenvalue weighted by Gasteiger charge is -2.30. The van der Waals surface area contributed by atoms with Gasteiger partial charge in [0.15, 0.2) is 11.2 Å². The molecule has 0 unspecified atom stereocenters. The normalized spacial score (nSPS) is 17.4. The third-order valence-corrected chi connectivity index (χ3v) is 7.89. The first-order valence-electron chi connectivity index (χ1n) is 10.3. The number of nitrogens with one attached hydrogen (secondary N) is 1. The Labute approximate surface area is 191 Å². The zero-order chi connectivity index (χ0) is 23.0. The van der Waals surface area contributed by atoms with Crippen molar-refractivity contribution in [2.75, 3.05) is 18.4 Å². The number of sulfonamides is 1. The molecule has 2 heterocycles. The highest BCUT2D eigenvalue weighted by molar-refractivity contribution is 7.89. The second kappa shape index (κ2) is 8.69. The molecule has 3 aromatic rings. The largest absolute Gasteiger partial charge is 0.451 e. The van der Waals surface area contributed by atoms with Crippen molar-refractivity contribution in [3.63, 3.8) is 0 Å². The second-order valence-electron chi connectivity index (χ2n) is 8.16. The van der Waals surface area contributed by atoms with Crippen molar-refractivity contribution < 1.29 is 17.6 Å². The molecule has 1 aliphatic rings. The number of piperidine rings is 1. The summed E-state index contributed by atoms with van der Waals surface area (Å²) in [6.07, 6.45) is 1.87. The first-order chi connectivity index (χ1) is 15.1. The number of nitrogens with zero attached hydrogens (tertiary/aromatic N) is 1. The molecule has 1 fully saturated rings. The molecule has 1 aliphatic heterocycles. The zero-order valence-electron chi connectivity index (χ0n) is 17.7. The molecule has 0 radical (unpaired) electrons. The molecule has 0 bridgehead atoms. The fourth-order valence-electron chi connectivity index (χ4n) is 3.81. The lowest BCUT2D eigenvalue weighted by molar-refractivity contribution is 0.0997. The highest BCUT2D eigenvalue weighted by atomic mass is 35.5. The van der Waals surface area contributed by atoms with Crippen molar-refractivity contribution in [1.82, 2.24) is 4.31 Å². The molecule has 7 nitrogen and oxygen atoms in total. The molecule has 0 spiro atoms. The van der Waals surface area contributed by atoms with Gasteiger partial charge in [-0.1, -0.05) is 18.5 Å². The third-order valence-electron chi connectivity index (χ3n) is 5.60. The summed E-state index contributed by atoms with van der Waals surface area (Å²) < 4.78 is 32.9. The number of fused-ring (bicyclic) bond motifs is 1. The van der Waals surface area contributed by atoms with Crippen molar-refractivity contribution in [2.24, 2.45) is 5.92 Å². The van der Waals surface area contributed by atoms with E-state index in [0.717, 1.165) is 24.5 Å². The summed E-state index contributed by atoms with van der Waals surface area (Å²) >= 11 is 6.07. The molecule has 1 aromatic heterocycles. The number of amides is 1. The van der Waals surface area contributed by atoms with Crippen LogP contribution in [0.1, 0.15) is 35.9 Å². The van der Waals surface area contributed by atoms with Gasteiger partial charge in [-0.3, -0.25) is 9.59 Å². The van der Waals surface area contributed by atoms with Crippen LogP contribution < -0.4 is 10.7 Å². The summed E-state index contributed by atoms with van der Waals surface area (Å²) in [5, 5.41) is 3.37. The van der Waals surface area contributed by atoms with Crippen LogP contribution in [0.2, 0.25) is 5.02 Å². The number of hydrogen-bond donors (Lipinski definition) is 1. The van der Waals surface area contributed by atoms with E-state index >= 15 is 0 Å². The van der Waals surface area contributed by atoms with Crippen LogP contribution in [0.5, 0.6) is 0 Å². The molecule has 1 N–H and O–H groups in total. The minimum atomic E-state index is -3.58. The molecular formula is C23H23ClN2O5S. The topological polar surface area (TPSA) is 96.7 Å². The third kappa shape index (κ3) is 4.44. The van der Waals surface area contributed by atoms with E-state index in [4.69, 9.17) is 16.0 Å². The van der Waals surface area contributed by atoms with Gasteiger partial charge in [0, 0.05) is 29.9 Å². The lowest BCUT2D eigenvalue weighted by Crippen LogP contribution is -2.39. The van der Waals surface area contributed by atoms with Crippen LogP contribution in [0, 0.1) is 12.8 Å². The molecule has 2 aromatic carbocycles. The highest BCUT2D eigenvalue weighted by Crippen LogP contribution is 2.25. The Bertz CT molecular complexity index is 1350. The monoisotopic (exact) mass is 474 g/mol. The van der Waals surface area contributed by atoms with Crippen LogP contribution >= 0.6 is 11.6 Å². The predicted octanol–water partition coefficient (Wildman–Crippen LogP) is 4.43. The maximum atomic E-state index is 12.9. The van der Waals surface area contributed by atoms with E-state index in [9.17, 15) is 18.0 Å². The Morgan fingerprint density at radius 1 is 1.19 bits per heavy atom. The molecule has 1 atom stereocenters. The maximum Gasteiger partial charge on any atom is 0.291 e. The summed E-state index contributed by atoms with van der Waals surface area (Å²) in [4.78, 5) is 25.2. The summed E-state index contributed by atoms with van der Waals surface area (Å²) in [5.74, 6) is -0.436. The first kappa shape index (κ1) is 22.5. The average Bonchev–Trinajstić information content (AvgIpc) is 2.75. The van der Waals surface area contributed by atoms with E-state index < -0.39 is 15.9 Å². The van der Waals surface area contributed by atoms with Crippen molar-refractivity contribution in [3.05, 3.63) is 69.0 Å². The molecule has 0 aliphatic carbocycles. The van der Waals surface area contributed by atoms with Crippen LogP contribution in [-0.2, 0) is 10.0 Å². The highest BCUT2D eigenvalue weighted by Gasteiger charge is 2.28. The molecule has 4 rings (SSSR count). The number of benzene rings is 2. The van der Waals surface area contributed by atoms with Gasteiger partial charge in [0.25, 0.3) is 5.91 Å². The predicted molar refractivity (Wildman–Crippen MR) is 124 cm³/mol. The van der Waals surface area contributed by atoms with Crippen molar-refractivity contribution in [1.29, 1.82) is 0 Å². The molecular weight excluding hydrogens is 452 g/mol. The summed E-state index contributed by atoms with van der Waals surface area (Å²) in [6, 6.07) is 10.2. The number of hydrogen-bond acceptors (Lipinski definition) is 5. The Morgan fingerprint density at radius 2 is 1.91 bits per heavy atom. The van der Waals surface area contributed by atoms with Gasteiger partial charge in [-0.25, -0.2) is 8.42 Å². The van der Waals surface area contributed by atoms with Gasteiger partial charge in [0.2, 0.25) is 10.0 Å². The van der Waals surface area contributed by atoms with Gasteiger partial charge >= 0.3 is 0 Å². The number of halogens is 1. The van der Waals surface area contributed by atoms with Crippen molar-refractivity contribution in [2.45, 2.75) is 31.6 Å². The van der Waals surface area contributed by atoms with Gasteiger partial charge in [-0.2, -0.15) is 4.31 Å². The Hall–Kier alpha value is -2.68. The Morgan fingerprint density at radius 3 is 2.59 bits per heavy atom. The quantitative estimate of drug-likeness (QED) is 0.603. The van der Waals surface area contributed by atoms with E-state index in [1.54, 1.807) is 13.0 Å². The molecule has 0 saturated carbocycles. The Balaban J connectivity index is 1.54. The van der Waals surface area contributed by atoms with E-state index in [0.29, 0.717) is 35.1 Å². The molecule has 9 heteroatoms. The van der Waals surface area contributed by atoms with Crippen LogP contribution in [0.25, 0.3) is 11.0 Å². The summed E-state index contributed by atoms with van der Waals surface area (Å²) in [5.41, 5.74) is 0.994. The van der Waals surface area contributed by atoms with Crippen molar-refractivity contribution >= 4 is 44.2 Å². The van der Waals surface area contributed by atoms with E-state index in [-0.39, 0.29) is 21.7 Å². The number of carbonyl (C=O) groups excluding carboxylic acids is 1. The SMILES string of the molecule is Cc1cc2oc(C(=O)Nc3ccc(S(=O)(=O)N4CCC[C@@H](C)C4)cc3)cc(=O)c2cc1Cl.